The fourth-order valence-electron chi connectivity index (χ4n) is 2.39. The molecule has 1 amide bonds. The molecule has 0 aromatic carbocycles. The first-order valence-electron chi connectivity index (χ1n) is 6.52. The van der Waals surface area contributed by atoms with Gasteiger partial charge < -0.3 is 10.2 Å². The average Bonchev–Trinajstić information content (AvgIpc) is 2.89. The Morgan fingerprint density at radius 1 is 1.52 bits per heavy atom. The highest BCUT2D eigenvalue weighted by Crippen LogP contribution is 2.13. The summed E-state index contributed by atoms with van der Waals surface area (Å²) in [6.07, 6.45) is 5.46. The van der Waals surface area contributed by atoms with Crippen LogP contribution in [0.1, 0.15) is 23.5 Å². The number of carbonyl (C=O) groups excluding carboxylic acids is 1. The maximum absolute atomic E-state index is 12.4. The number of hydrogen-bond acceptors (Lipinski definition) is 5. The number of rotatable bonds is 2. The number of likely N-dealkylation sites (tertiary alicyclic amines) is 1. The monoisotopic (exact) mass is 374 g/mol. The Hall–Kier alpha value is -1.25. The summed E-state index contributed by atoms with van der Waals surface area (Å²) >= 11 is 3.32. The summed E-state index contributed by atoms with van der Waals surface area (Å²) in [4.78, 5) is 22.5. The summed E-state index contributed by atoms with van der Waals surface area (Å²) in [5, 5.41) is 7.42. The van der Waals surface area contributed by atoms with E-state index in [1.807, 2.05) is 7.05 Å². The Labute approximate surface area is 136 Å². The molecule has 1 N–H and O–H groups in total. The van der Waals surface area contributed by atoms with Crippen LogP contribution in [0.15, 0.2) is 16.9 Å². The lowest BCUT2D eigenvalue weighted by Gasteiger charge is -2.31. The van der Waals surface area contributed by atoms with Gasteiger partial charge in [0, 0.05) is 31.5 Å². The van der Waals surface area contributed by atoms with Crippen molar-refractivity contribution in [3.8, 4) is 0 Å². The van der Waals surface area contributed by atoms with Gasteiger partial charge in [-0.15, -0.1) is 17.5 Å². The van der Waals surface area contributed by atoms with Gasteiger partial charge in [-0.25, -0.2) is 9.50 Å². The zero-order valence-corrected chi connectivity index (χ0v) is 13.9. The molecule has 0 radical (unpaired) electrons. The van der Waals surface area contributed by atoms with Crippen molar-refractivity contribution in [2.75, 3.05) is 20.1 Å². The molecule has 3 heterocycles. The number of piperidine rings is 1. The maximum Gasteiger partial charge on any atom is 0.293 e. The highest BCUT2D eigenvalue weighted by Gasteiger charge is 2.26. The number of halogens is 2. The van der Waals surface area contributed by atoms with Crippen LogP contribution in [0.2, 0.25) is 0 Å². The van der Waals surface area contributed by atoms with E-state index in [4.69, 9.17) is 0 Å². The first kappa shape index (κ1) is 16.1. The van der Waals surface area contributed by atoms with Crippen LogP contribution < -0.4 is 5.32 Å². The molecule has 2 aromatic heterocycles. The average molecular weight is 376 g/mol. The van der Waals surface area contributed by atoms with E-state index in [0.29, 0.717) is 18.4 Å². The minimum absolute atomic E-state index is 0. The number of amides is 1. The van der Waals surface area contributed by atoms with Gasteiger partial charge in [-0.1, -0.05) is 0 Å². The number of hydrogen-bond donors (Lipinski definition) is 1. The van der Waals surface area contributed by atoms with Crippen LogP contribution >= 0.6 is 28.3 Å². The van der Waals surface area contributed by atoms with Crippen molar-refractivity contribution in [2.45, 2.75) is 18.9 Å². The van der Waals surface area contributed by atoms with Crippen molar-refractivity contribution in [1.82, 2.24) is 29.8 Å². The van der Waals surface area contributed by atoms with Gasteiger partial charge in [-0.3, -0.25) is 4.79 Å². The van der Waals surface area contributed by atoms with Gasteiger partial charge in [0.25, 0.3) is 11.7 Å². The largest absolute Gasteiger partial charge is 0.334 e. The van der Waals surface area contributed by atoms with Crippen LogP contribution in [0, 0.1) is 0 Å². The van der Waals surface area contributed by atoms with Crippen molar-refractivity contribution < 1.29 is 4.79 Å². The number of nitrogens with zero attached hydrogens (tertiary/aromatic N) is 5. The molecule has 7 nitrogen and oxygen atoms in total. The summed E-state index contributed by atoms with van der Waals surface area (Å²) in [7, 11) is 1.92. The van der Waals surface area contributed by atoms with E-state index >= 15 is 0 Å². The van der Waals surface area contributed by atoms with Crippen LogP contribution in [0.4, 0.5) is 0 Å². The van der Waals surface area contributed by atoms with E-state index in [9.17, 15) is 4.79 Å². The number of aromatic nitrogens is 4. The molecule has 0 bridgehead atoms. The second-order valence-electron chi connectivity index (χ2n) is 4.83. The predicted octanol–water partition coefficient (Wildman–Crippen LogP) is 1.13. The minimum Gasteiger partial charge on any atom is -0.334 e. The molecule has 114 valence electrons. The van der Waals surface area contributed by atoms with Gasteiger partial charge in [0.15, 0.2) is 0 Å². The second kappa shape index (κ2) is 6.67. The number of likely N-dealkylation sites (N-methyl/N-ethyl adjacent to an activating group) is 1. The number of nitrogens with one attached hydrogen (secondary N) is 1. The first-order valence-corrected chi connectivity index (χ1v) is 7.31. The van der Waals surface area contributed by atoms with E-state index in [2.05, 4.69) is 36.3 Å². The van der Waals surface area contributed by atoms with E-state index in [-0.39, 0.29) is 24.1 Å². The van der Waals surface area contributed by atoms with E-state index in [1.54, 1.807) is 17.3 Å². The second-order valence-corrected chi connectivity index (χ2v) is 5.75. The Bertz CT molecular complexity index is 648. The standard InChI is InChI=1S/C12H15BrN6O.ClH/c1-14-9-3-2-4-18(7-9)11(20)10-16-12-15-5-8(13)6-19(12)17-10;/h5-6,9,14H,2-4,7H2,1H3;1H. The number of fused-ring (bicyclic) bond motifs is 1. The van der Waals surface area contributed by atoms with Gasteiger partial charge in [0.1, 0.15) is 0 Å². The summed E-state index contributed by atoms with van der Waals surface area (Å²) in [5.74, 6) is 0.498. The minimum atomic E-state index is -0.133. The van der Waals surface area contributed by atoms with Crippen molar-refractivity contribution in [2.24, 2.45) is 0 Å². The topological polar surface area (TPSA) is 75.4 Å². The predicted molar refractivity (Wildman–Crippen MR) is 83.7 cm³/mol. The normalized spacial score (nSPS) is 18.6. The fraction of sp³-hybridized carbons (Fsp3) is 0.500. The van der Waals surface area contributed by atoms with E-state index in [1.165, 1.54) is 4.52 Å². The van der Waals surface area contributed by atoms with E-state index in [0.717, 1.165) is 23.9 Å². The smallest absolute Gasteiger partial charge is 0.293 e. The summed E-state index contributed by atoms with van der Waals surface area (Å²) in [5.41, 5.74) is 0. The zero-order chi connectivity index (χ0) is 14.1. The third-order valence-corrected chi connectivity index (χ3v) is 3.88. The molecule has 2 aromatic rings. The van der Waals surface area contributed by atoms with Crippen LogP contribution in [0.25, 0.3) is 5.78 Å². The summed E-state index contributed by atoms with van der Waals surface area (Å²) in [6, 6.07) is 0.344. The Morgan fingerprint density at radius 3 is 3.10 bits per heavy atom. The molecule has 1 atom stereocenters. The van der Waals surface area contributed by atoms with Gasteiger partial charge in [0.05, 0.1) is 4.47 Å². The third-order valence-electron chi connectivity index (χ3n) is 3.47. The van der Waals surface area contributed by atoms with Crippen LogP contribution in [-0.4, -0.2) is 56.6 Å². The maximum atomic E-state index is 12.4. The molecule has 1 aliphatic heterocycles. The van der Waals surface area contributed by atoms with E-state index < -0.39 is 0 Å². The van der Waals surface area contributed by atoms with Crippen molar-refractivity contribution in [1.29, 1.82) is 0 Å². The Balaban J connectivity index is 0.00000161. The highest BCUT2D eigenvalue weighted by molar-refractivity contribution is 9.10. The highest BCUT2D eigenvalue weighted by atomic mass is 79.9. The van der Waals surface area contributed by atoms with Gasteiger partial charge in [-0.2, -0.15) is 4.98 Å². The molecular formula is C12H16BrClN6O. The molecule has 1 saturated heterocycles. The van der Waals surface area contributed by atoms with Gasteiger partial charge >= 0.3 is 0 Å². The zero-order valence-electron chi connectivity index (χ0n) is 11.5. The van der Waals surface area contributed by atoms with Crippen molar-refractivity contribution >= 4 is 40.0 Å². The Kier molecular flexibility index (Phi) is 5.13. The lowest BCUT2D eigenvalue weighted by Crippen LogP contribution is -2.47. The molecule has 0 spiro atoms. The molecular weight excluding hydrogens is 360 g/mol. The van der Waals surface area contributed by atoms with Crippen LogP contribution in [0.5, 0.6) is 0 Å². The van der Waals surface area contributed by atoms with Crippen molar-refractivity contribution in [3.63, 3.8) is 0 Å². The lowest BCUT2D eigenvalue weighted by molar-refractivity contribution is 0.0686. The van der Waals surface area contributed by atoms with Crippen molar-refractivity contribution in [3.05, 3.63) is 22.7 Å². The molecule has 9 heteroatoms. The summed E-state index contributed by atoms with van der Waals surface area (Å²) in [6.45, 7) is 1.45. The third kappa shape index (κ3) is 3.33. The van der Waals surface area contributed by atoms with Crippen LogP contribution in [0.3, 0.4) is 0 Å². The first-order chi connectivity index (χ1) is 9.67. The SMILES string of the molecule is CNC1CCCN(C(=O)c2nc3ncc(Br)cn3n2)C1.Cl. The lowest BCUT2D eigenvalue weighted by atomic mass is 10.1. The molecule has 1 fully saturated rings. The number of carbonyl (C=O) groups is 1. The molecule has 1 unspecified atom stereocenters. The van der Waals surface area contributed by atoms with Crippen LogP contribution in [-0.2, 0) is 0 Å². The molecule has 0 aliphatic carbocycles. The summed E-state index contributed by atoms with van der Waals surface area (Å²) < 4.78 is 2.30. The quantitative estimate of drug-likeness (QED) is 0.852. The molecule has 21 heavy (non-hydrogen) atoms. The van der Waals surface area contributed by atoms with Gasteiger partial charge in [-0.05, 0) is 35.8 Å². The molecule has 0 saturated carbocycles. The van der Waals surface area contributed by atoms with Gasteiger partial charge in [0.2, 0.25) is 5.82 Å². The molecule has 1 aliphatic rings. The Morgan fingerprint density at radius 2 is 2.33 bits per heavy atom. The molecule has 3 rings (SSSR count). The fourth-order valence-corrected chi connectivity index (χ4v) is 2.68.